The van der Waals surface area contributed by atoms with E-state index >= 15 is 0 Å². The Morgan fingerprint density at radius 3 is 2.71 bits per heavy atom. The van der Waals surface area contributed by atoms with Crippen LogP contribution in [0.5, 0.6) is 0 Å². The quantitative estimate of drug-likeness (QED) is 0.521. The number of carbonyl (C=O) groups excluding carboxylic acids is 1. The van der Waals surface area contributed by atoms with Crippen molar-refractivity contribution < 1.29 is 4.79 Å². The van der Waals surface area contributed by atoms with E-state index < -0.39 is 0 Å². The topological polar surface area (TPSA) is 61.4 Å². The highest BCUT2D eigenvalue weighted by Gasteiger charge is 2.28. The number of urea groups is 1. The van der Waals surface area contributed by atoms with Gasteiger partial charge in [-0.3, -0.25) is 0 Å². The van der Waals surface area contributed by atoms with Crippen molar-refractivity contribution in [2.75, 3.05) is 36.4 Å². The van der Waals surface area contributed by atoms with Crippen molar-refractivity contribution in [2.24, 2.45) is 5.92 Å². The molecular formula is C27H35N5OS. The number of fused-ring (bicyclic) bond motifs is 3. The number of aryl methyl sites for hydroxylation is 4. The van der Waals surface area contributed by atoms with Gasteiger partial charge >= 0.3 is 6.03 Å². The maximum absolute atomic E-state index is 13.0. The Morgan fingerprint density at radius 2 is 1.97 bits per heavy atom. The number of carbonyl (C=O) groups is 1. The maximum atomic E-state index is 13.0. The second-order valence-electron chi connectivity index (χ2n) is 9.97. The van der Waals surface area contributed by atoms with Crippen molar-refractivity contribution in [3.05, 3.63) is 45.6 Å². The summed E-state index contributed by atoms with van der Waals surface area (Å²) in [6.07, 6.45) is 5.46. The average Bonchev–Trinajstić information content (AvgIpc) is 3.18. The molecule has 7 heteroatoms. The lowest BCUT2D eigenvalue weighted by Crippen LogP contribution is -2.50. The molecule has 3 aromatic rings. The second kappa shape index (κ2) is 9.53. The molecule has 2 amide bonds. The van der Waals surface area contributed by atoms with Crippen molar-refractivity contribution >= 4 is 39.1 Å². The second-order valence-corrected chi connectivity index (χ2v) is 11.1. The minimum atomic E-state index is -0.0204. The molecule has 0 saturated carbocycles. The van der Waals surface area contributed by atoms with E-state index in [0.29, 0.717) is 13.1 Å². The van der Waals surface area contributed by atoms with Crippen LogP contribution in [-0.4, -0.2) is 47.1 Å². The summed E-state index contributed by atoms with van der Waals surface area (Å²) in [7, 11) is 0. The third kappa shape index (κ3) is 4.50. The van der Waals surface area contributed by atoms with E-state index in [2.05, 4.69) is 37.1 Å². The largest absolute Gasteiger partial charge is 0.352 e. The number of benzene rings is 1. The molecule has 0 bridgehead atoms. The Hall–Kier alpha value is -2.67. The van der Waals surface area contributed by atoms with Gasteiger partial charge in [0.15, 0.2) is 0 Å². The number of nitrogens with one attached hydrogen (secondary N) is 1. The molecule has 1 fully saturated rings. The summed E-state index contributed by atoms with van der Waals surface area (Å²) in [6.45, 7) is 11.6. The zero-order chi connectivity index (χ0) is 23.8. The fourth-order valence-electron chi connectivity index (χ4n) is 5.20. The molecule has 2 aromatic heterocycles. The van der Waals surface area contributed by atoms with Gasteiger partial charge in [0.2, 0.25) is 0 Å². The molecular weight excluding hydrogens is 442 g/mol. The zero-order valence-electron chi connectivity index (χ0n) is 20.8. The van der Waals surface area contributed by atoms with Gasteiger partial charge in [-0.1, -0.05) is 31.5 Å². The molecule has 1 aliphatic carbocycles. The molecule has 3 heterocycles. The lowest BCUT2D eigenvalue weighted by molar-refractivity contribution is 0.208. The zero-order valence-corrected chi connectivity index (χ0v) is 21.6. The number of thiophene rings is 1. The number of piperazine rings is 1. The van der Waals surface area contributed by atoms with Crippen LogP contribution in [0.15, 0.2) is 18.2 Å². The molecule has 1 unspecified atom stereocenters. The normalized spacial score (nSPS) is 18.3. The predicted molar refractivity (Wildman–Crippen MR) is 141 cm³/mol. The van der Waals surface area contributed by atoms with Crippen LogP contribution < -0.4 is 10.2 Å². The molecule has 6 nitrogen and oxygen atoms in total. The average molecular weight is 478 g/mol. The highest BCUT2D eigenvalue weighted by atomic mass is 32.1. The SMILES string of the molecule is CCCc1nc(N2CCN(C(=O)Nc3ccc(C)cc3C)CC2)c2c3c(sc2n1)CC(C)CC3. The van der Waals surface area contributed by atoms with Gasteiger partial charge in [-0.15, -0.1) is 11.3 Å². The molecule has 2 aliphatic rings. The van der Waals surface area contributed by atoms with Gasteiger partial charge in [-0.25, -0.2) is 14.8 Å². The lowest BCUT2D eigenvalue weighted by Gasteiger charge is -2.36. The number of aromatic nitrogens is 2. The molecule has 34 heavy (non-hydrogen) atoms. The van der Waals surface area contributed by atoms with Gasteiger partial charge < -0.3 is 15.1 Å². The highest BCUT2D eigenvalue weighted by molar-refractivity contribution is 7.19. The van der Waals surface area contributed by atoms with Crippen LogP contribution in [0.4, 0.5) is 16.3 Å². The van der Waals surface area contributed by atoms with E-state index in [1.807, 2.05) is 35.3 Å². The van der Waals surface area contributed by atoms with Gasteiger partial charge in [0, 0.05) is 43.2 Å². The Morgan fingerprint density at radius 1 is 1.18 bits per heavy atom. The van der Waals surface area contributed by atoms with Gasteiger partial charge in [0.1, 0.15) is 16.5 Å². The summed E-state index contributed by atoms with van der Waals surface area (Å²) in [6, 6.07) is 6.11. The number of hydrogen-bond donors (Lipinski definition) is 1. The van der Waals surface area contributed by atoms with Crippen molar-refractivity contribution in [3.63, 3.8) is 0 Å². The molecule has 1 atom stereocenters. The highest BCUT2D eigenvalue weighted by Crippen LogP contribution is 2.41. The van der Waals surface area contributed by atoms with Crippen molar-refractivity contribution in [1.82, 2.24) is 14.9 Å². The van der Waals surface area contributed by atoms with Gasteiger partial charge in [-0.2, -0.15) is 0 Å². The molecule has 0 radical (unpaired) electrons. The Balaban J connectivity index is 1.36. The van der Waals surface area contributed by atoms with Crippen LogP contribution in [0.25, 0.3) is 10.2 Å². The predicted octanol–water partition coefficient (Wildman–Crippen LogP) is 5.74. The molecule has 180 valence electrons. The van der Waals surface area contributed by atoms with E-state index in [0.717, 1.165) is 72.4 Å². The Kier molecular flexibility index (Phi) is 6.47. The van der Waals surface area contributed by atoms with E-state index in [1.54, 1.807) is 0 Å². The Labute approximate surface area is 206 Å². The van der Waals surface area contributed by atoms with Crippen LogP contribution in [0.2, 0.25) is 0 Å². The molecule has 1 saturated heterocycles. The fourth-order valence-corrected chi connectivity index (χ4v) is 6.60. The maximum Gasteiger partial charge on any atom is 0.321 e. The lowest BCUT2D eigenvalue weighted by atomic mass is 9.89. The first kappa shape index (κ1) is 23.1. The van der Waals surface area contributed by atoms with Crippen LogP contribution >= 0.6 is 11.3 Å². The molecule has 5 rings (SSSR count). The summed E-state index contributed by atoms with van der Waals surface area (Å²) >= 11 is 1.88. The molecule has 1 N–H and O–H groups in total. The van der Waals surface area contributed by atoms with Gasteiger partial charge in [0.05, 0.1) is 5.39 Å². The van der Waals surface area contributed by atoms with E-state index in [-0.39, 0.29) is 6.03 Å². The van der Waals surface area contributed by atoms with Gasteiger partial charge in [0.25, 0.3) is 0 Å². The minimum Gasteiger partial charge on any atom is -0.352 e. The van der Waals surface area contributed by atoms with Crippen LogP contribution in [0.1, 0.15) is 54.1 Å². The van der Waals surface area contributed by atoms with Gasteiger partial charge in [-0.05, 0) is 62.6 Å². The number of hydrogen-bond acceptors (Lipinski definition) is 5. The van der Waals surface area contributed by atoms with Crippen molar-refractivity contribution in [2.45, 2.75) is 59.8 Å². The minimum absolute atomic E-state index is 0.0204. The molecule has 1 aliphatic heterocycles. The first-order chi connectivity index (χ1) is 16.4. The van der Waals surface area contributed by atoms with Crippen molar-refractivity contribution in [1.29, 1.82) is 0 Å². The van der Waals surface area contributed by atoms with Crippen LogP contribution in [0, 0.1) is 19.8 Å². The van der Waals surface area contributed by atoms with Crippen LogP contribution in [0.3, 0.4) is 0 Å². The third-order valence-corrected chi connectivity index (χ3v) is 8.29. The van der Waals surface area contributed by atoms with E-state index in [4.69, 9.17) is 9.97 Å². The Bertz CT molecular complexity index is 1210. The smallest absolute Gasteiger partial charge is 0.321 e. The fraction of sp³-hybridized carbons (Fsp3) is 0.519. The molecule has 0 spiro atoms. The number of rotatable bonds is 4. The monoisotopic (exact) mass is 477 g/mol. The number of anilines is 2. The summed E-state index contributed by atoms with van der Waals surface area (Å²) in [4.78, 5) is 30.0. The summed E-state index contributed by atoms with van der Waals surface area (Å²) in [5, 5.41) is 4.38. The standard InChI is InChI=1S/C27H35N5OS/c1-5-6-23-29-25(24-20-9-7-18(3)16-22(20)34-26(24)30-23)31-11-13-32(14-12-31)27(33)28-21-10-8-17(2)15-19(21)4/h8,10,15,18H,5-7,9,11-14,16H2,1-4H3,(H,28,33). The van der Waals surface area contributed by atoms with Crippen molar-refractivity contribution in [3.8, 4) is 0 Å². The third-order valence-electron chi connectivity index (χ3n) is 7.15. The summed E-state index contributed by atoms with van der Waals surface area (Å²) in [5.74, 6) is 2.79. The number of amides is 2. The number of nitrogens with zero attached hydrogens (tertiary/aromatic N) is 4. The van der Waals surface area contributed by atoms with E-state index in [1.165, 1.54) is 27.8 Å². The van der Waals surface area contributed by atoms with E-state index in [9.17, 15) is 4.79 Å². The summed E-state index contributed by atoms with van der Waals surface area (Å²) in [5.41, 5.74) is 4.66. The first-order valence-corrected chi connectivity index (χ1v) is 13.4. The summed E-state index contributed by atoms with van der Waals surface area (Å²) < 4.78 is 0. The molecule has 1 aromatic carbocycles. The first-order valence-electron chi connectivity index (χ1n) is 12.6. The van der Waals surface area contributed by atoms with Crippen LogP contribution in [-0.2, 0) is 19.3 Å².